The number of esters is 1. The van der Waals surface area contributed by atoms with Gasteiger partial charge in [0.25, 0.3) is 0 Å². The second-order valence-corrected chi connectivity index (χ2v) is 12.9. The van der Waals surface area contributed by atoms with E-state index in [1.165, 1.54) is 14.2 Å². The van der Waals surface area contributed by atoms with Crippen LogP contribution >= 0.6 is 0 Å². The van der Waals surface area contributed by atoms with Crippen molar-refractivity contribution in [1.29, 1.82) is 0 Å². The molecule has 1 aliphatic heterocycles. The van der Waals surface area contributed by atoms with Gasteiger partial charge in [-0.25, -0.2) is 4.79 Å². The average Bonchev–Trinajstić information content (AvgIpc) is 2.92. The second kappa shape index (κ2) is 9.86. The van der Waals surface area contributed by atoms with Crippen LogP contribution in [0.2, 0.25) is 19.6 Å². The van der Waals surface area contributed by atoms with Gasteiger partial charge in [0.2, 0.25) is 11.4 Å². The number of benzene rings is 2. The number of hydrogen-bond acceptors (Lipinski definition) is 9. The third-order valence-electron chi connectivity index (χ3n) is 5.06. The highest BCUT2D eigenvalue weighted by Crippen LogP contribution is 2.47. The zero-order chi connectivity index (χ0) is 25.1. The van der Waals surface area contributed by atoms with Crippen molar-refractivity contribution in [3.05, 3.63) is 58.8 Å². The van der Waals surface area contributed by atoms with E-state index in [4.69, 9.17) is 23.4 Å². The van der Waals surface area contributed by atoms with Crippen LogP contribution in [0.3, 0.4) is 0 Å². The third-order valence-corrected chi connectivity index (χ3v) is 5.97. The Morgan fingerprint density at radius 2 is 1.62 bits per heavy atom. The lowest BCUT2D eigenvalue weighted by molar-refractivity contribution is -0.138. The maximum atomic E-state index is 12.7. The van der Waals surface area contributed by atoms with Crippen LogP contribution in [-0.4, -0.2) is 47.3 Å². The van der Waals surface area contributed by atoms with Crippen molar-refractivity contribution in [3.8, 4) is 17.2 Å². The summed E-state index contributed by atoms with van der Waals surface area (Å²) < 4.78 is 28.1. The smallest absolute Gasteiger partial charge is 0.362 e. The number of nitrogens with zero attached hydrogens (tertiary/aromatic N) is 2. The SMILES string of the molecule is CCOC(=O)C1=C(O)c2cc(OC)c(OC)cc2C(O[Si](C)(C)C)(c2ccc(OC)cc2)N=N1. The molecular formula is C24H30N2O7Si. The molecule has 0 amide bonds. The molecule has 0 fully saturated rings. The van der Waals surface area contributed by atoms with E-state index in [-0.39, 0.29) is 17.9 Å². The Bertz CT molecular complexity index is 1120. The van der Waals surface area contributed by atoms with Crippen LogP contribution in [0.25, 0.3) is 5.76 Å². The lowest BCUT2D eigenvalue weighted by Gasteiger charge is -2.36. The van der Waals surface area contributed by atoms with Crippen molar-refractivity contribution in [2.45, 2.75) is 32.3 Å². The van der Waals surface area contributed by atoms with Gasteiger partial charge in [-0.2, -0.15) is 0 Å². The molecule has 1 heterocycles. The molecule has 1 atom stereocenters. The molecule has 0 bridgehead atoms. The molecule has 3 rings (SSSR count). The van der Waals surface area contributed by atoms with Crippen LogP contribution in [0.1, 0.15) is 23.6 Å². The Labute approximate surface area is 200 Å². The van der Waals surface area contributed by atoms with Crippen molar-refractivity contribution >= 4 is 20.0 Å². The van der Waals surface area contributed by atoms with Gasteiger partial charge in [0.15, 0.2) is 25.6 Å². The fourth-order valence-electron chi connectivity index (χ4n) is 3.65. The number of carbonyl (C=O) groups is 1. The third kappa shape index (κ3) is 4.78. The second-order valence-electron chi connectivity index (χ2n) is 8.46. The number of rotatable bonds is 8. The number of aliphatic hydroxyl groups is 1. The van der Waals surface area contributed by atoms with E-state index >= 15 is 0 Å². The Morgan fingerprint density at radius 1 is 1.00 bits per heavy atom. The first-order valence-electron chi connectivity index (χ1n) is 10.7. The summed E-state index contributed by atoms with van der Waals surface area (Å²) >= 11 is 0. The van der Waals surface area contributed by atoms with Crippen molar-refractivity contribution < 1.29 is 33.3 Å². The lowest BCUT2D eigenvalue weighted by atomic mass is 9.90. The molecule has 9 nitrogen and oxygen atoms in total. The number of azo groups is 1. The first-order valence-corrected chi connectivity index (χ1v) is 14.2. The van der Waals surface area contributed by atoms with Gasteiger partial charge >= 0.3 is 5.97 Å². The Hall–Kier alpha value is -3.37. The summed E-state index contributed by atoms with van der Waals surface area (Å²) in [6.45, 7) is 7.82. The normalized spacial score (nSPS) is 17.6. The Kier molecular flexibility index (Phi) is 7.32. The van der Waals surface area contributed by atoms with E-state index in [9.17, 15) is 9.90 Å². The van der Waals surface area contributed by atoms with Crippen molar-refractivity contribution in [3.63, 3.8) is 0 Å². The molecular weight excluding hydrogens is 456 g/mol. The van der Waals surface area contributed by atoms with Crippen LogP contribution in [0.4, 0.5) is 0 Å². The van der Waals surface area contributed by atoms with E-state index in [1.54, 1.807) is 38.3 Å². The van der Waals surface area contributed by atoms with Crippen LogP contribution in [0.5, 0.6) is 17.2 Å². The quantitative estimate of drug-likeness (QED) is 0.412. The highest BCUT2D eigenvalue weighted by atomic mass is 28.4. The minimum atomic E-state index is -2.32. The van der Waals surface area contributed by atoms with Gasteiger partial charge in [-0.3, -0.25) is 0 Å². The van der Waals surface area contributed by atoms with Crippen molar-refractivity contribution in [2.24, 2.45) is 10.2 Å². The monoisotopic (exact) mass is 486 g/mol. The zero-order valence-electron chi connectivity index (χ0n) is 20.5. The summed E-state index contributed by atoms with van der Waals surface area (Å²) in [6, 6.07) is 10.4. The van der Waals surface area contributed by atoms with E-state index in [0.717, 1.165) is 0 Å². The number of aliphatic hydroxyl groups excluding tert-OH is 1. The van der Waals surface area contributed by atoms with Gasteiger partial charge in [0.05, 0.1) is 27.9 Å². The molecule has 0 aliphatic carbocycles. The summed E-state index contributed by atoms with van der Waals surface area (Å²) in [6.07, 6.45) is 0. The van der Waals surface area contributed by atoms with Crippen molar-refractivity contribution in [1.82, 2.24) is 0 Å². The number of carbonyl (C=O) groups excluding carboxylic acids is 1. The summed E-state index contributed by atoms with van der Waals surface area (Å²) in [5.41, 5.74) is -0.484. The number of methoxy groups -OCH3 is 3. The molecule has 1 aliphatic rings. The maximum absolute atomic E-state index is 12.7. The number of ether oxygens (including phenoxy) is 4. The first kappa shape index (κ1) is 25.3. The minimum absolute atomic E-state index is 0.110. The predicted molar refractivity (Wildman–Crippen MR) is 129 cm³/mol. The molecule has 0 radical (unpaired) electrons. The highest BCUT2D eigenvalue weighted by Gasteiger charge is 2.45. The molecule has 0 aromatic heterocycles. The molecule has 10 heteroatoms. The van der Waals surface area contributed by atoms with E-state index in [2.05, 4.69) is 10.2 Å². The van der Waals surface area contributed by atoms with Crippen LogP contribution in [0.15, 0.2) is 52.3 Å². The Balaban J connectivity index is 2.43. The molecule has 0 saturated carbocycles. The fourth-order valence-corrected chi connectivity index (χ4v) is 4.80. The molecule has 182 valence electrons. The van der Waals surface area contributed by atoms with Crippen LogP contribution in [0, 0.1) is 0 Å². The van der Waals surface area contributed by atoms with Gasteiger partial charge in [-0.05, 0) is 50.8 Å². The highest BCUT2D eigenvalue weighted by molar-refractivity contribution is 6.69. The summed E-state index contributed by atoms with van der Waals surface area (Å²) in [5.74, 6) is 0.212. The van der Waals surface area contributed by atoms with E-state index in [0.29, 0.717) is 28.4 Å². The Morgan fingerprint density at radius 3 is 2.15 bits per heavy atom. The minimum Gasteiger partial charge on any atom is -0.505 e. The van der Waals surface area contributed by atoms with Gasteiger partial charge in [0.1, 0.15) is 5.75 Å². The molecule has 0 saturated heterocycles. The largest absolute Gasteiger partial charge is 0.505 e. The summed E-state index contributed by atoms with van der Waals surface area (Å²) in [7, 11) is 2.25. The zero-order valence-corrected chi connectivity index (χ0v) is 21.5. The standard InChI is InChI=1S/C24H30N2O7Si/c1-8-32-23(28)21-22(27)17-13-19(30-3)20(31-4)14-18(17)24(26-25-21,33-34(5,6)7)15-9-11-16(29-2)12-10-15/h9-14,27H,8H2,1-7H3. The maximum Gasteiger partial charge on any atom is 0.362 e. The number of fused-ring (bicyclic) bond motifs is 1. The van der Waals surface area contributed by atoms with Crippen molar-refractivity contribution in [2.75, 3.05) is 27.9 Å². The van der Waals surface area contributed by atoms with Gasteiger partial charge < -0.3 is 28.5 Å². The number of hydrogen-bond donors (Lipinski definition) is 1. The van der Waals surface area contributed by atoms with Crippen LogP contribution in [-0.2, 0) is 19.7 Å². The first-order chi connectivity index (χ1) is 16.1. The fraction of sp³-hybridized carbons (Fsp3) is 0.375. The molecule has 1 unspecified atom stereocenters. The molecule has 2 aromatic rings. The lowest BCUT2D eigenvalue weighted by Crippen LogP contribution is -2.40. The topological polar surface area (TPSA) is 108 Å². The van der Waals surface area contributed by atoms with Crippen LogP contribution < -0.4 is 14.2 Å². The average molecular weight is 487 g/mol. The summed E-state index contributed by atoms with van der Waals surface area (Å²) in [4.78, 5) is 12.7. The van der Waals surface area contributed by atoms with Gasteiger partial charge in [-0.1, -0.05) is 12.1 Å². The molecule has 2 aromatic carbocycles. The van der Waals surface area contributed by atoms with Gasteiger partial charge in [-0.15, -0.1) is 10.2 Å². The molecule has 1 N–H and O–H groups in total. The van der Waals surface area contributed by atoms with E-state index < -0.39 is 25.8 Å². The van der Waals surface area contributed by atoms with E-state index in [1.807, 2.05) is 31.8 Å². The van der Waals surface area contributed by atoms with Gasteiger partial charge in [0, 0.05) is 16.7 Å². The summed E-state index contributed by atoms with van der Waals surface area (Å²) in [5, 5.41) is 19.9. The predicted octanol–water partition coefficient (Wildman–Crippen LogP) is 5.02. The molecule has 0 spiro atoms. The molecule has 34 heavy (non-hydrogen) atoms.